The predicted molar refractivity (Wildman–Crippen MR) is 102 cm³/mol. The molecule has 0 radical (unpaired) electrons. The Kier molecular flexibility index (Phi) is 4.85. The van der Waals surface area contributed by atoms with Crippen LogP contribution in [0.5, 0.6) is 11.5 Å². The minimum Gasteiger partial charge on any atom is -0.508 e. The van der Waals surface area contributed by atoms with Gasteiger partial charge in [0.25, 0.3) is 0 Å². The molecule has 24 heavy (non-hydrogen) atoms. The van der Waals surface area contributed by atoms with Gasteiger partial charge in [0.2, 0.25) is 0 Å². The summed E-state index contributed by atoms with van der Waals surface area (Å²) in [7, 11) is 0. The zero-order valence-electron chi connectivity index (χ0n) is 15.5. The fourth-order valence-electron chi connectivity index (χ4n) is 5.80. The van der Waals surface area contributed by atoms with Crippen molar-refractivity contribution in [3.05, 3.63) is 18.2 Å². The Hall–Kier alpha value is -0.830. The number of hydrogen-bond acceptors (Lipinski definition) is 3. The molecular formula is C21H32O2S. The molecule has 0 aliphatic heterocycles. The summed E-state index contributed by atoms with van der Waals surface area (Å²) in [5.41, 5.74) is 0.880. The number of benzene rings is 1. The third kappa shape index (κ3) is 3.29. The van der Waals surface area contributed by atoms with E-state index in [0.717, 1.165) is 22.5 Å². The lowest BCUT2D eigenvalue weighted by atomic mass is 9.47. The maximum atomic E-state index is 9.72. The van der Waals surface area contributed by atoms with E-state index in [1.807, 2.05) is 0 Å². The normalized spacial score (nSPS) is 35.4. The number of phenolic OH excluding ortho intramolecular Hbond substituents is 2. The fourth-order valence-corrected chi connectivity index (χ4v) is 7.29. The third-order valence-corrected chi connectivity index (χ3v) is 8.12. The van der Waals surface area contributed by atoms with E-state index in [-0.39, 0.29) is 11.5 Å². The average Bonchev–Trinajstić information content (AvgIpc) is 2.44. The summed E-state index contributed by atoms with van der Waals surface area (Å²) in [5.74, 6) is 3.64. The largest absolute Gasteiger partial charge is 0.508 e. The number of phenols is 2. The summed E-state index contributed by atoms with van der Waals surface area (Å²) in [6.07, 6.45) is 6.77. The van der Waals surface area contributed by atoms with Crippen LogP contribution in [0.3, 0.4) is 0 Å². The number of rotatable bonds is 3. The Morgan fingerprint density at radius 2 is 1.71 bits per heavy atom. The monoisotopic (exact) mass is 348 g/mol. The molecule has 2 aliphatic carbocycles. The van der Waals surface area contributed by atoms with Gasteiger partial charge >= 0.3 is 0 Å². The molecule has 0 bridgehead atoms. The van der Waals surface area contributed by atoms with Crippen molar-refractivity contribution in [2.45, 2.75) is 64.7 Å². The smallest absolute Gasteiger partial charge is 0.120 e. The summed E-state index contributed by atoms with van der Waals surface area (Å²) in [5, 5.41) is 19.4. The molecule has 2 nitrogen and oxygen atoms in total. The van der Waals surface area contributed by atoms with Gasteiger partial charge in [0.05, 0.1) is 0 Å². The summed E-state index contributed by atoms with van der Waals surface area (Å²) >= 11 is 1.79. The fraction of sp³-hybridized carbons (Fsp3) is 0.714. The molecule has 0 heterocycles. The van der Waals surface area contributed by atoms with Crippen LogP contribution in [-0.2, 0) is 0 Å². The van der Waals surface area contributed by atoms with Gasteiger partial charge in [0, 0.05) is 16.7 Å². The van der Waals surface area contributed by atoms with Crippen LogP contribution in [0.2, 0.25) is 0 Å². The topological polar surface area (TPSA) is 40.5 Å². The van der Waals surface area contributed by atoms with Crippen LogP contribution < -0.4 is 0 Å². The Morgan fingerprint density at radius 1 is 1.04 bits per heavy atom. The lowest BCUT2D eigenvalue weighted by molar-refractivity contribution is -0.0850. The zero-order chi connectivity index (χ0) is 17.5. The minimum absolute atomic E-state index is 0.150. The van der Waals surface area contributed by atoms with Crippen molar-refractivity contribution < 1.29 is 10.2 Å². The van der Waals surface area contributed by atoms with Gasteiger partial charge in [-0.05, 0) is 60.0 Å². The van der Waals surface area contributed by atoms with Gasteiger partial charge < -0.3 is 10.2 Å². The van der Waals surface area contributed by atoms with Crippen LogP contribution in [0.15, 0.2) is 23.1 Å². The van der Waals surface area contributed by atoms with Crippen molar-refractivity contribution in [2.75, 3.05) is 5.75 Å². The molecule has 3 rings (SSSR count). The van der Waals surface area contributed by atoms with Gasteiger partial charge in [0.15, 0.2) is 0 Å². The predicted octanol–water partition coefficient (Wildman–Crippen LogP) is 6.07. The molecule has 0 spiro atoms. The van der Waals surface area contributed by atoms with E-state index in [4.69, 9.17) is 0 Å². The summed E-state index contributed by atoms with van der Waals surface area (Å²) < 4.78 is 0. The van der Waals surface area contributed by atoms with E-state index in [2.05, 4.69) is 27.7 Å². The van der Waals surface area contributed by atoms with E-state index in [0.29, 0.717) is 16.7 Å². The van der Waals surface area contributed by atoms with Gasteiger partial charge in [-0.25, -0.2) is 0 Å². The summed E-state index contributed by atoms with van der Waals surface area (Å²) in [6.45, 7) is 9.92. The summed E-state index contributed by atoms with van der Waals surface area (Å²) in [4.78, 5) is 0.973. The molecule has 2 aliphatic rings. The lowest BCUT2D eigenvalue weighted by Gasteiger charge is -2.59. The highest BCUT2D eigenvalue weighted by Crippen LogP contribution is 2.61. The van der Waals surface area contributed by atoms with Crippen LogP contribution >= 0.6 is 11.8 Å². The van der Waals surface area contributed by atoms with Crippen molar-refractivity contribution >= 4 is 11.8 Å². The molecule has 2 N–H and O–H groups in total. The molecule has 0 saturated heterocycles. The van der Waals surface area contributed by atoms with Gasteiger partial charge in [0.1, 0.15) is 11.5 Å². The van der Waals surface area contributed by atoms with Crippen molar-refractivity contribution in [1.82, 2.24) is 0 Å². The number of aromatic hydroxyl groups is 2. The first kappa shape index (κ1) is 18.0. The first-order valence-corrected chi connectivity index (χ1v) is 10.4. The van der Waals surface area contributed by atoms with Crippen LogP contribution in [0.4, 0.5) is 0 Å². The summed E-state index contributed by atoms with van der Waals surface area (Å²) in [6, 6.07) is 4.93. The molecular weight excluding hydrogens is 316 g/mol. The van der Waals surface area contributed by atoms with Crippen LogP contribution in [0.25, 0.3) is 0 Å². The van der Waals surface area contributed by atoms with E-state index in [1.165, 1.54) is 38.2 Å². The second-order valence-corrected chi connectivity index (χ2v) is 10.2. The Bertz CT molecular complexity index is 577. The average molecular weight is 349 g/mol. The van der Waals surface area contributed by atoms with E-state index < -0.39 is 0 Å². The molecule has 4 atom stereocenters. The second kappa shape index (κ2) is 6.48. The maximum Gasteiger partial charge on any atom is 0.120 e. The molecule has 134 valence electrons. The van der Waals surface area contributed by atoms with Crippen molar-refractivity contribution in [3.63, 3.8) is 0 Å². The zero-order valence-corrected chi connectivity index (χ0v) is 16.3. The molecule has 4 unspecified atom stereocenters. The first-order valence-electron chi connectivity index (χ1n) is 9.38. The van der Waals surface area contributed by atoms with E-state index >= 15 is 0 Å². The highest BCUT2D eigenvalue weighted by Gasteiger charge is 2.53. The number of fused-ring (bicyclic) bond motifs is 1. The van der Waals surface area contributed by atoms with E-state index in [1.54, 1.807) is 23.9 Å². The first-order chi connectivity index (χ1) is 11.2. The Balaban J connectivity index is 1.79. The highest BCUT2D eigenvalue weighted by atomic mass is 32.2. The van der Waals surface area contributed by atoms with Crippen LogP contribution in [-0.4, -0.2) is 16.0 Å². The van der Waals surface area contributed by atoms with E-state index in [9.17, 15) is 10.2 Å². The molecule has 0 amide bonds. The van der Waals surface area contributed by atoms with Crippen molar-refractivity contribution in [2.24, 2.45) is 28.6 Å². The van der Waals surface area contributed by atoms with Crippen molar-refractivity contribution in [3.8, 4) is 11.5 Å². The maximum absolute atomic E-state index is 9.72. The minimum atomic E-state index is 0.150. The molecule has 2 fully saturated rings. The van der Waals surface area contributed by atoms with Gasteiger partial charge in [-0.3, -0.25) is 0 Å². The lowest BCUT2D eigenvalue weighted by Crippen LogP contribution is -2.51. The van der Waals surface area contributed by atoms with Gasteiger partial charge in [-0.2, -0.15) is 0 Å². The number of thioether (sulfide) groups is 1. The molecule has 0 aromatic heterocycles. The van der Waals surface area contributed by atoms with Gasteiger partial charge in [-0.1, -0.05) is 40.5 Å². The standard InChI is InChI=1S/C21H32O2S/c1-14-6-7-19-20(2,3)8-5-9-21(19,4)18(14)13-24-17-11-15(22)10-16(23)12-17/h10-12,14,18-19,22-23H,5-9,13H2,1-4H3. The molecule has 1 aromatic carbocycles. The third-order valence-electron chi connectivity index (χ3n) is 7.03. The Morgan fingerprint density at radius 3 is 2.38 bits per heavy atom. The Labute approximate surface area is 151 Å². The molecule has 2 saturated carbocycles. The molecule has 1 aromatic rings. The van der Waals surface area contributed by atoms with Gasteiger partial charge in [-0.15, -0.1) is 11.8 Å². The molecule has 3 heteroatoms. The number of hydrogen-bond donors (Lipinski definition) is 2. The van der Waals surface area contributed by atoms with Crippen LogP contribution in [0.1, 0.15) is 59.8 Å². The van der Waals surface area contributed by atoms with Crippen LogP contribution in [0, 0.1) is 28.6 Å². The SMILES string of the molecule is CC1CCC2C(C)(C)CCCC2(C)C1CSc1cc(O)cc(O)c1. The quantitative estimate of drug-likeness (QED) is 0.651. The second-order valence-electron chi connectivity index (χ2n) is 9.06. The van der Waals surface area contributed by atoms with Crippen molar-refractivity contribution in [1.29, 1.82) is 0 Å². The highest BCUT2D eigenvalue weighted by molar-refractivity contribution is 7.99.